The fourth-order valence-electron chi connectivity index (χ4n) is 4.72. The van der Waals surface area contributed by atoms with Crippen molar-refractivity contribution in [1.82, 2.24) is 0 Å². The summed E-state index contributed by atoms with van der Waals surface area (Å²) in [6.07, 6.45) is 7.48. The maximum absolute atomic E-state index is 11.5. The zero-order valence-corrected chi connectivity index (χ0v) is 12.6. The van der Waals surface area contributed by atoms with Crippen molar-refractivity contribution in [3.8, 4) is 0 Å². The molecule has 0 bridgehead atoms. The molecule has 1 aromatic rings. The molecule has 3 unspecified atom stereocenters. The van der Waals surface area contributed by atoms with Crippen LogP contribution in [0.1, 0.15) is 56.6 Å². The summed E-state index contributed by atoms with van der Waals surface area (Å²) >= 11 is 0. The van der Waals surface area contributed by atoms with E-state index in [2.05, 4.69) is 31.2 Å². The van der Waals surface area contributed by atoms with Crippen LogP contribution in [0.25, 0.3) is 0 Å². The summed E-state index contributed by atoms with van der Waals surface area (Å²) in [7, 11) is 0. The molecule has 1 fully saturated rings. The number of nitrogens with two attached hydrogens (primary N) is 1. The van der Waals surface area contributed by atoms with Gasteiger partial charge in [-0.15, -0.1) is 0 Å². The van der Waals surface area contributed by atoms with Crippen molar-refractivity contribution >= 4 is 0 Å². The van der Waals surface area contributed by atoms with E-state index in [1.54, 1.807) is 0 Å². The summed E-state index contributed by atoms with van der Waals surface area (Å²) < 4.78 is 0. The van der Waals surface area contributed by atoms with E-state index in [0.717, 1.165) is 32.1 Å². The first-order chi connectivity index (χ1) is 9.65. The predicted octanol–water partition coefficient (Wildman–Crippen LogP) is 3.16. The van der Waals surface area contributed by atoms with Crippen molar-refractivity contribution in [3.05, 3.63) is 35.4 Å². The zero-order chi connectivity index (χ0) is 14.2. The molecule has 2 heteroatoms. The smallest absolute Gasteiger partial charge is 0.0758 e. The van der Waals surface area contributed by atoms with E-state index in [0.29, 0.717) is 12.5 Å². The predicted molar refractivity (Wildman–Crippen MR) is 82.7 cm³/mol. The van der Waals surface area contributed by atoms with E-state index in [-0.39, 0.29) is 5.41 Å². The Kier molecular flexibility index (Phi) is 3.64. The molecule has 110 valence electrons. The third kappa shape index (κ3) is 1.93. The number of aliphatic hydroxyl groups is 1. The maximum Gasteiger partial charge on any atom is 0.0758 e. The number of hydrogen-bond donors (Lipinski definition) is 2. The van der Waals surface area contributed by atoms with Crippen molar-refractivity contribution in [1.29, 1.82) is 0 Å². The Hall–Kier alpha value is -0.860. The molecule has 3 N–H and O–H groups in total. The molecule has 2 aliphatic carbocycles. The van der Waals surface area contributed by atoms with Crippen LogP contribution in [0.4, 0.5) is 0 Å². The Bertz CT molecular complexity index is 486. The van der Waals surface area contributed by atoms with Gasteiger partial charge in [0.2, 0.25) is 0 Å². The molecule has 2 aliphatic rings. The van der Waals surface area contributed by atoms with Crippen LogP contribution >= 0.6 is 0 Å². The van der Waals surface area contributed by atoms with Gasteiger partial charge in [-0.1, -0.05) is 50.5 Å². The highest BCUT2D eigenvalue weighted by molar-refractivity contribution is 5.43. The van der Waals surface area contributed by atoms with E-state index in [4.69, 9.17) is 5.73 Å². The van der Waals surface area contributed by atoms with Crippen molar-refractivity contribution in [2.75, 3.05) is 6.54 Å². The SMILES string of the molecule is CCC1CCCC(O)(C2(CN)CCc3ccccc32)C1. The lowest BCUT2D eigenvalue weighted by molar-refractivity contribution is -0.0810. The Morgan fingerprint density at radius 3 is 2.85 bits per heavy atom. The van der Waals surface area contributed by atoms with Crippen LogP contribution in [0.15, 0.2) is 24.3 Å². The fraction of sp³-hybridized carbons (Fsp3) is 0.667. The molecule has 2 nitrogen and oxygen atoms in total. The molecule has 1 aromatic carbocycles. The van der Waals surface area contributed by atoms with Gasteiger partial charge in [-0.2, -0.15) is 0 Å². The van der Waals surface area contributed by atoms with E-state index in [1.165, 1.54) is 24.0 Å². The highest BCUT2D eigenvalue weighted by Crippen LogP contribution is 2.52. The summed E-state index contributed by atoms with van der Waals surface area (Å²) in [4.78, 5) is 0. The highest BCUT2D eigenvalue weighted by atomic mass is 16.3. The van der Waals surface area contributed by atoms with Crippen LogP contribution in [0.3, 0.4) is 0 Å². The van der Waals surface area contributed by atoms with Gasteiger partial charge in [0.1, 0.15) is 0 Å². The summed E-state index contributed by atoms with van der Waals surface area (Å²) in [6.45, 7) is 2.81. The normalized spacial score (nSPS) is 36.9. The van der Waals surface area contributed by atoms with E-state index in [1.807, 2.05) is 0 Å². The van der Waals surface area contributed by atoms with Gasteiger partial charge in [-0.25, -0.2) is 0 Å². The molecular formula is C18H27NO. The monoisotopic (exact) mass is 273 g/mol. The van der Waals surface area contributed by atoms with Crippen LogP contribution in [0.2, 0.25) is 0 Å². The van der Waals surface area contributed by atoms with Crippen LogP contribution in [0, 0.1) is 5.92 Å². The standard InChI is InChI=1S/C18H27NO/c1-2-14-6-5-10-18(20,12-14)17(13-19)11-9-15-7-3-4-8-16(15)17/h3-4,7-8,14,20H,2,5-6,9-13,19H2,1H3. The molecule has 0 aliphatic heterocycles. The molecule has 0 saturated heterocycles. The minimum absolute atomic E-state index is 0.211. The molecule has 3 atom stereocenters. The quantitative estimate of drug-likeness (QED) is 0.888. The lowest BCUT2D eigenvalue weighted by Gasteiger charge is -2.49. The minimum atomic E-state index is -0.604. The van der Waals surface area contributed by atoms with Gasteiger partial charge in [-0.3, -0.25) is 0 Å². The van der Waals surface area contributed by atoms with Crippen molar-refractivity contribution in [2.45, 2.75) is 62.9 Å². The highest BCUT2D eigenvalue weighted by Gasteiger charge is 2.54. The first-order valence-electron chi connectivity index (χ1n) is 8.16. The fourth-order valence-corrected chi connectivity index (χ4v) is 4.72. The Labute approximate surface area is 122 Å². The Morgan fingerprint density at radius 1 is 1.30 bits per heavy atom. The van der Waals surface area contributed by atoms with Crippen molar-refractivity contribution in [3.63, 3.8) is 0 Å². The second-order valence-corrected chi connectivity index (χ2v) is 6.85. The first kappa shape index (κ1) is 14.1. The molecule has 1 saturated carbocycles. The molecule has 0 amide bonds. The molecular weight excluding hydrogens is 246 g/mol. The van der Waals surface area contributed by atoms with Crippen LogP contribution in [0.5, 0.6) is 0 Å². The Balaban J connectivity index is 2.01. The minimum Gasteiger partial charge on any atom is -0.389 e. The Morgan fingerprint density at radius 2 is 2.10 bits per heavy atom. The third-order valence-corrected chi connectivity index (χ3v) is 6.00. The van der Waals surface area contributed by atoms with E-state index < -0.39 is 5.60 Å². The summed E-state index contributed by atoms with van der Waals surface area (Å²) in [5.41, 5.74) is 8.13. The summed E-state index contributed by atoms with van der Waals surface area (Å²) in [5.74, 6) is 0.657. The second-order valence-electron chi connectivity index (χ2n) is 6.85. The second kappa shape index (κ2) is 5.16. The molecule has 0 aromatic heterocycles. The molecule has 3 rings (SSSR count). The van der Waals surface area contributed by atoms with Gasteiger partial charge >= 0.3 is 0 Å². The van der Waals surface area contributed by atoms with Gasteiger partial charge in [0, 0.05) is 12.0 Å². The maximum atomic E-state index is 11.5. The average molecular weight is 273 g/mol. The summed E-state index contributed by atoms with van der Waals surface area (Å²) in [6, 6.07) is 8.60. The molecule has 0 heterocycles. The van der Waals surface area contributed by atoms with Crippen LogP contribution < -0.4 is 5.73 Å². The number of hydrogen-bond acceptors (Lipinski definition) is 2. The lowest BCUT2D eigenvalue weighted by Crippen LogP contribution is -2.57. The molecule has 0 radical (unpaired) electrons. The average Bonchev–Trinajstić information content (AvgIpc) is 2.88. The largest absolute Gasteiger partial charge is 0.389 e. The van der Waals surface area contributed by atoms with Gasteiger partial charge < -0.3 is 10.8 Å². The van der Waals surface area contributed by atoms with Gasteiger partial charge in [0.25, 0.3) is 0 Å². The van der Waals surface area contributed by atoms with Crippen LogP contribution in [-0.2, 0) is 11.8 Å². The zero-order valence-electron chi connectivity index (χ0n) is 12.6. The van der Waals surface area contributed by atoms with E-state index >= 15 is 0 Å². The van der Waals surface area contributed by atoms with Gasteiger partial charge in [0.15, 0.2) is 0 Å². The number of fused-ring (bicyclic) bond motifs is 1. The first-order valence-corrected chi connectivity index (χ1v) is 8.16. The molecule has 20 heavy (non-hydrogen) atoms. The van der Waals surface area contributed by atoms with Crippen molar-refractivity contribution in [2.24, 2.45) is 11.7 Å². The van der Waals surface area contributed by atoms with Crippen LogP contribution in [-0.4, -0.2) is 17.3 Å². The number of rotatable bonds is 3. The topological polar surface area (TPSA) is 46.2 Å². The summed E-state index contributed by atoms with van der Waals surface area (Å²) in [5, 5.41) is 11.5. The lowest BCUT2D eigenvalue weighted by atomic mass is 9.60. The number of benzene rings is 1. The van der Waals surface area contributed by atoms with Crippen molar-refractivity contribution < 1.29 is 5.11 Å². The van der Waals surface area contributed by atoms with Gasteiger partial charge in [-0.05, 0) is 42.7 Å². The van der Waals surface area contributed by atoms with Gasteiger partial charge in [0.05, 0.1) is 5.60 Å². The number of aryl methyl sites for hydroxylation is 1. The van der Waals surface area contributed by atoms with E-state index in [9.17, 15) is 5.11 Å². The third-order valence-electron chi connectivity index (χ3n) is 6.00. The molecule has 0 spiro atoms.